The van der Waals surface area contributed by atoms with Crippen molar-refractivity contribution in [3.8, 4) is 0 Å². The maximum atomic E-state index is 13.6. The van der Waals surface area contributed by atoms with Gasteiger partial charge < -0.3 is 0 Å². The van der Waals surface area contributed by atoms with Crippen LogP contribution < -0.4 is 0 Å². The Labute approximate surface area is 130 Å². The second-order valence-corrected chi connectivity index (χ2v) is 5.66. The van der Waals surface area contributed by atoms with Crippen LogP contribution in [0, 0.1) is 15.9 Å². The minimum Gasteiger partial charge on any atom is -0.298 e. The minimum atomic E-state index is -0.799. The molecule has 0 aliphatic rings. The van der Waals surface area contributed by atoms with E-state index in [-0.39, 0.29) is 0 Å². The highest BCUT2D eigenvalue weighted by atomic mass is 79.9. The van der Waals surface area contributed by atoms with Gasteiger partial charge in [0.15, 0.2) is 0 Å². The molecule has 0 saturated heterocycles. The van der Waals surface area contributed by atoms with Crippen molar-refractivity contribution >= 4 is 21.6 Å². The lowest BCUT2D eigenvalue weighted by atomic mass is 10.1. The number of nitro benzene ring substituents is 1. The summed E-state index contributed by atoms with van der Waals surface area (Å²) in [5.41, 5.74) is 1.34. The zero-order valence-electron chi connectivity index (χ0n) is 11.4. The first-order valence-electron chi connectivity index (χ1n) is 6.32. The van der Waals surface area contributed by atoms with Crippen LogP contribution in [-0.2, 0) is 13.1 Å². The Kier molecular flexibility index (Phi) is 5.03. The van der Waals surface area contributed by atoms with E-state index in [9.17, 15) is 14.5 Å². The Morgan fingerprint density at radius 2 is 1.95 bits per heavy atom. The van der Waals surface area contributed by atoms with Crippen LogP contribution in [0.4, 0.5) is 10.1 Å². The normalized spacial score (nSPS) is 10.9. The van der Waals surface area contributed by atoms with Crippen molar-refractivity contribution in [2.45, 2.75) is 13.1 Å². The summed E-state index contributed by atoms with van der Waals surface area (Å²) >= 11 is 3.49. The third kappa shape index (κ3) is 4.09. The molecule has 0 atom stereocenters. The van der Waals surface area contributed by atoms with Gasteiger partial charge >= 0.3 is 5.69 Å². The fraction of sp³-hybridized carbons (Fsp3) is 0.200. The van der Waals surface area contributed by atoms with Crippen LogP contribution in [0.2, 0.25) is 0 Å². The average Bonchev–Trinajstić information content (AvgIpc) is 2.41. The molecule has 0 unspecified atom stereocenters. The fourth-order valence-electron chi connectivity index (χ4n) is 2.08. The van der Waals surface area contributed by atoms with Gasteiger partial charge in [0.2, 0.25) is 5.82 Å². The molecule has 0 saturated carbocycles. The summed E-state index contributed by atoms with van der Waals surface area (Å²) in [5, 5.41) is 10.6. The molecule has 0 aromatic heterocycles. The van der Waals surface area contributed by atoms with Crippen molar-refractivity contribution in [2.75, 3.05) is 7.05 Å². The third-order valence-electron chi connectivity index (χ3n) is 3.06. The molecule has 0 radical (unpaired) electrons. The lowest BCUT2D eigenvalue weighted by Crippen LogP contribution is -2.17. The van der Waals surface area contributed by atoms with Crippen molar-refractivity contribution in [1.82, 2.24) is 4.90 Å². The maximum Gasteiger partial charge on any atom is 0.304 e. The van der Waals surface area contributed by atoms with Crippen LogP contribution in [0.3, 0.4) is 0 Å². The Morgan fingerprint density at radius 3 is 2.57 bits per heavy atom. The number of hydrogen-bond acceptors (Lipinski definition) is 3. The molecule has 0 bridgehead atoms. The molecule has 0 N–H and O–H groups in total. The third-order valence-corrected chi connectivity index (χ3v) is 3.83. The number of hydrogen-bond donors (Lipinski definition) is 0. The van der Waals surface area contributed by atoms with E-state index in [1.54, 1.807) is 6.07 Å². The molecule has 4 nitrogen and oxygen atoms in total. The van der Waals surface area contributed by atoms with Gasteiger partial charge in [-0.25, -0.2) is 0 Å². The Balaban J connectivity index is 2.06. The second kappa shape index (κ2) is 6.78. The zero-order valence-corrected chi connectivity index (χ0v) is 13.0. The van der Waals surface area contributed by atoms with Gasteiger partial charge in [0.25, 0.3) is 0 Å². The molecule has 0 aliphatic heterocycles. The number of nitrogens with zero attached hydrogens (tertiary/aromatic N) is 2. The van der Waals surface area contributed by atoms with Gasteiger partial charge in [0.05, 0.1) is 4.92 Å². The van der Waals surface area contributed by atoms with E-state index in [1.165, 1.54) is 12.1 Å². The quantitative estimate of drug-likeness (QED) is 0.600. The van der Waals surface area contributed by atoms with Crippen LogP contribution in [0.25, 0.3) is 0 Å². The monoisotopic (exact) mass is 352 g/mol. The first-order chi connectivity index (χ1) is 9.97. The number of rotatable bonds is 5. The molecule has 0 aliphatic carbocycles. The molecule has 2 aromatic rings. The van der Waals surface area contributed by atoms with E-state index < -0.39 is 16.4 Å². The van der Waals surface area contributed by atoms with E-state index in [0.29, 0.717) is 18.7 Å². The van der Waals surface area contributed by atoms with Gasteiger partial charge in [-0.15, -0.1) is 0 Å². The maximum absolute atomic E-state index is 13.6. The predicted molar refractivity (Wildman–Crippen MR) is 82.4 cm³/mol. The van der Waals surface area contributed by atoms with E-state index >= 15 is 0 Å². The first-order valence-corrected chi connectivity index (χ1v) is 7.11. The molecular formula is C15H14BrFN2O2. The second-order valence-electron chi connectivity index (χ2n) is 4.81. The van der Waals surface area contributed by atoms with E-state index in [4.69, 9.17) is 0 Å². The van der Waals surface area contributed by atoms with E-state index in [1.807, 2.05) is 36.2 Å². The average molecular weight is 353 g/mol. The molecule has 6 heteroatoms. The molecule has 0 heterocycles. The topological polar surface area (TPSA) is 46.4 Å². The van der Waals surface area contributed by atoms with Gasteiger partial charge in [-0.05, 0) is 30.3 Å². The molecule has 110 valence electrons. The summed E-state index contributed by atoms with van der Waals surface area (Å²) in [6.45, 7) is 1.20. The number of benzene rings is 2. The van der Waals surface area contributed by atoms with Crippen LogP contribution in [0.5, 0.6) is 0 Å². The number of nitro groups is 1. The van der Waals surface area contributed by atoms with Crippen molar-refractivity contribution in [3.05, 3.63) is 74.0 Å². The molecular weight excluding hydrogens is 339 g/mol. The van der Waals surface area contributed by atoms with Gasteiger partial charge in [-0.2, -0.15) is 4.39 Å². The Hall–Kier alpha value is -1.79. The number of halogens is 2. The van der Waals surface area contributed by atoms with E-state index in [2.05, 4.69) is 15.9 Å². The molecule has 0 spiro atoms. The molecule has 21 heavy (non-hydrogen) atoms. The first kappa shape index (κ1) is 15.6. The van der Waals surface area contributed by atoms with Crippen molar-refractivity contribution in [3.63, 3.8) is 0 Å². The van der Waals surface area contributed by atoms with Crippen molar-refractivity contribution in [2.24, 2.45) is 0 Å². The summed E-state index contributed by atoms with van der Waals surface area (Å²) in [6, 6.07) is 11.9. The minimum absolute atomic E-state index is 0.493. The zero-order chi connectivity index (χ0) is 15.4. The lowest BCUT2D eigenvalue weighted by molar-refractivity contribution is -0.387. The van der Waals surface area contributed by atoms with Crippen LogP contribution in [0.1, 0.15) is 11.1 Å². The highest BCUT2D eigenvalue weighted by molar-refractivity contribution is 9.10. The summed E-state index contributed by atoms with van der Waals surface area (Å²) in [5.74, 6) is -0.799. The fourth-order valence-corrected chi connectivity index (χ4v) is 2.49. The highest BCUT2D eigenvalue weighted by Gasteiger charge is 2.14. The smallest absolute Gasteiger partial charge is 0.298 e. The van der Waals surface area contributed by atoms with Gasteiger partial charge in [-0.1, -0.05) is 40.2 Å². The molecule has 0 fully saturated rings. The van der Waals surface area contributed by atoms with E-state index in [0.717, 1.165) is 10.0 Å². The molecule has 2 aromatic carbocycles. The Morgan fingerprint density at radius 1 is 1.24 bits per heavy atom. The summed E-state index contributed by atoms with van der Waals surface area (Å²) in [4.78, 5) is 11.9. The molecule has 2 rings (SSSR count). The van der Waals surface area contributed by atoms with Crippen LogP contribution in [0.15, 0.2) is 46.9 Å². The van der Waals surface area contributed by atoms with Crippen molar-refractivity contribution < 1.29 is 9.31 Å². The van der Waals surface area contributed by atoms with Gasteiger partial charge in [0, 0.05) is 23.6 Å². The lowest BCUT2D eigenvalue weighted by Gasteiger charge is -2.17. The Bertz CT molecular complexity index is 664. The van der Waals surface area contributed by atoms with Crippen LogP contribution >= 0.6 is 15.9 Å². The summed E-state index contributed by atoms with van der Waals surface area (Å²) in [7, 11) is 1.92. The highest BCUT2D eigenvalue weighted by Crippen LogP contribution is 2.21. The van der Waals surface area contributed by atoms with Gasteiger partial charge in [0.1, 0.15) is 0 Å². The molecule has 0 amide bonds. The van der Waals surface area contributed by atoms with Crippen molar-refractivity contribution in [1.29, 1.82) is 0 Å². The SMILES string of the molecule is CN(Cc1ccc([N+](=O)[O-])c(F)c1)Cc1ccccc1Br. The summed E-state index contributed by atoms with van der Waals surface area (Å²) in [6.07, 6.45) is 0. The van der Waals surface area contributed by atoms with Gasteiger partial charge in [-0.3, -0.25) is 15.0 Å². The summed E-state index contributed by atoms with van der Waals surface area (Å²) < 4.78 is 14.6. The largest absolute Gasteiger partial charge is 0.304 e. The standard InChI is InChI=1S/C15H14BrFN2O2/c1-18(10-12-4-2-3-5-13(12)16)9-11-6-7-15(19(20)21)14(17)8-11/h2-8H,9-10H2,1H3. The predicted octanol–water partition coefficient (Wildman–Crippen LogP) is 4.13. The van der Waals surface area contributed by atoms with Crippen LogP contribution in [-0.4, -0.2) is 16.9 Å².